The molecule has 2 aromatic heterocycles. The van der Waals surface area contributed by atoms with E-state index in [9.17, 15) is 0 Å². The Hall–Kier alpha value is -3.48. The van der Waals surface area contributed by atoms with E-state index >= 15 is 0 Å². The van der Waals surface area contributed by atoms with Crippen LogP contribution in [0.25, 0.3) is 22.2 Å². The van der Waals surface area contributed by atoms with Crippen LogP contribution < -0.4 is 10.1 Å². The molecule has 124 valence electrons. The van der Waals surface area contributed by atoms with E-state index in [0.717, 1.165) is 33.5 Å². The molecular weight excluding hydrogens is 316 g/mol. The first-order valence-electron chi connectivity index (χ1n) is 7.82. The maximum absolute atomic E-state index is 5.23. The summed E-state index contributed by atoms with van der Waals surface area (Å²) in [5, 5.41) is 18.4. The highest BCUT2D eigenvalue weighted by molar-refractivity contribution is 5.81. The van der Waals surface area contributed by atoms with Crippen LogP contribution in [0.15, 0.2) is 54.9 Å². The van der Waals surface area contributed by atoms with Crippen LogP contribution in [-0.4, -0.2) is 32.5 Å². The SMILES string of the molecule is COc1cccc(CNc2nnc3cc(-c4cn[nH]c4)ccc3n2)c1. The number of fused-ring (bicyclic) bond motifs is 1. The zero-order chi connectivity index (χ0) is 17.1. The highest BCUT2D eigenvalue weighted by Gasteiger charge is 2.05. The minimum atomic E-state index is 0.492. The van der Waals surface area contributed by atoms with Crippen molar-refractivity contribution in [1.82, 2.24) is 25.4 Å². The Bertz CT molecular complexity index is 1000. The molecule has 0 saturated heterocycles. The van der Waals surface area contributed by atoms with E-state index in [1.54, 1.807) is 13.3 Å². The molecule has 2 aromatic carbocycles. The molecule has 0 amide bonds. The van der Waals surface area contributed by atoms with Crippen LogP contribution in [-0.2, 0) is 6.54 Å². The maximum Gasteiger partial charge on any atom is 0.243 e. The molecule has 0 aliphatic heterocycles. The molecule has 25 heavy (non-hydrogen) atoms. The Morgan fingerprint density at radius 2 is 2.00 bits per heavy atom. The molecule has 0 aliphatic rings. The van der Waals surface area contributed by atoms with Gasteiger partial charge in [0.2, 0.25) is 5.95 Å². The molecule has 0 spiro atoms. The van der Waals surface area contributed by atoms with E-state index in [0.29, 0.717) is 12.5 Å². The number of anilines is 1. The van der Waals surface area contributed by atoms with Gasteiger partial charge in [0.25, 0.3) is 0 Å². The third-order valence-corrected chi connectivity index (χ3v) is 3.87. The molecule has 4 rings (SSSR count). The van der Waals surface area contributed by atoms with Crippen LogP contribution in [0.3, 0.4) is 0 Å². The molecule has 7 heteroatoms. The number of ether oxygens (including phenoxy) is 1. The smallest absolute Gasteiger partial charge is 0.243 e. The number of nitrogens with zero attached hydrogens (tertiary/aromatic N) is 4. The number of aromatic amines is 1. The number of hydrogen-bond acceptors (Lipinski definition) is 6. The van der Waals surface area contributed by atoms with Crippen molar-refractivity contribution >= 4 is 17.0 Å². The monoisotopic (exact) mass is 332 g/mol. The number of benzene rings is 2. The lowest BCUT2D eigenvalue weighted by Crippen LogP contribution is -2.05. The molecule has 0 fully saturated rings. The predicted octanol–water partition coefficient (Wildman–Crippen LogP) is 3.04. The number of methoxy groups -OCH3 is 1. The van der Waals surface area contributed by atoms with E-state index in [2.05, 4.69) is 30.7 Å². The Labute approximate surface area is 144 Å². The van der Waals surface area contributed by atoms with Gasteiger partial charge in [0.1, 0.15) is 11.3 Å². The Morgan fingerprint density at radius 3 is 2.84 bits per heavy atom. The quantitative estimate of drug-likeness (QED) is 0.584. The van der Waals surface area contributed by atoms with Gasteiger partial charge in [0, 0.05) is 18.3 Å². The topological polar surface area (TPSA) is 88.6 Å². The van der Waals surface area contributed by atoms with E-state index in [-0.39, 0.29) is 0 Å². The number of hydrogen-bond donors (Lipinski definition) is 2. The third-order valence-electron chi connectivity index (χ3n) is 3.87. The van der Waals surface area contributed by atoms with Gasteiger partial charge in [-0.2, -0.15) is 5.10 Å². The molecule has 4 aromatic rings. The van der Waals surface area contributed by atoms with Crippen LogP contribution in [0.4, 0.5) is 5.95 Å². The highest BCUT2D eigenvalue weighted by Crippen LogP contribution is 2.22. The zero-order valence-corrected chi connectivity index (χ0v) is 13.6. The number of H-pyrrole nitrogens is 1. The van der Waals surface area contributed by atoms with Crippen LogP contribution in [0.5, 0.6) is 5.75 Å². The Balaban J connectivity index is 1.53. The van der Waals surface area contributed by atoms with Gasteiger partial charge < -0.3 is 10.1 Å². The van der Waals surface area contributed by atoms with Crippen LogP contribution in [0.1, 0.15) is 5.56 Å². The number of nitrogens with one attached hydrogen (secondary N) is 2. The van der Waals surface area contributed by atoms with E-state index in [1.165, 1.54) is 0 Å². The predicted molar refractivity (Wildman–Crippen MR) is 95.2 cm³/mol. The lowest BCUT2D eigenvalue weighted by atomic mass is 10.1. The summed E-state index contributed by atoms with van der Waals surface area (Å²) in [5.41, 5.74) is 4.64. The fourth-order valence-electron chi connectivity index (χ4n) is 2.56. The van der Waals surface area contributed by atoms with Crippen molar-refractivity contribution in [2.75, 3.05) is 12.4 Å². The standard InChI is InChI=1S/C18H16N6O/c1-25-15-4-2-3-12(7-15)9-19-18-22-16-6-5-13(8-17(16)23-24-18)14-10-20-21-11-14/h2-8,10-11H,9H2,1H3,(H,20,21)(H,19,22,24). The van der Waals surface area contributed by atoms with E-state index in [1.807, 2.05) is 48.7 Å². The third kappa shape index (κ3) is 3.25. The van der Waals surface area contributed by atoms with Crippen LogP contribution in [0.2, 0.25) is 0 Å². The first kappa shape index (κ1) is 15.1. The van der Waals surface area contributed by atoms with Gasteiger partial charge in [0.15, 0.2) is 0 Å². The summed E-state index contributed by atoms with van der Waals surface area (Å²) in [6, 6.07) is 13.7. The van der Waals surface area contributed by atoms with Gasteiger partial charge in [-0.1, -0.05) is 18.2 Å². The lowest BCUT2D eigenvalue weighted by Gasteiger charge is -2.07. The highest BCUT2D eigenvalue weighted by atomic mass is 16.5. The summed E-state index contributed by atoms with van der Waals surface area (Å²) in [5.74, 6) is 1.31. The molecule has 0 bridgehead atoms. The molecule has 0 unspecified atom stereocenters. The van der Waals surface area contributed by atoms with Gasteiger partial charge in [-0.05, 0) is 35.4 Å². The van der Waals surface area contributed by atoms with Gasteiger partial charge in [-0.3, -0.25) is 5.10 Å². The minimum absolute atomic E-state index is 0.492. The Kier molecular flexibility index (Phi) is 3.96. The zero-order valence-electron chi connectivity index (χ0n) is 13.6. The van der Waals surface area contributed by atoms with Crippen molar-refractivity contribution in [3.63, 3.8) is 0 Å². The van der Waals surface area contributed by atoms with Crippen LogP contribution in [0, 0.1) is 0 Å². The summed E-state index contributed by atoms with van der Waals surface area (Å²) in [6.07, 6.45) is 3.61. The Morgan fingerprint density at radius 1 is 1.04 bits per heavy atom. The fourth-order valence-corrected chi connectivity index (χ4v) is 2.56. The van der Waals surface area contributed by atoms with Crippen LogP contribution >= 0.6 is 0 Å². The first-order chi connectivity index (χ1) is 12.3. The molecular formula is C18H16N6O. The molecule has 2 heterocycles. The summed E-state index contributed by atoms with van der Waals surface area (Å²) in [4.78, 5) is 4.52. The van der Waals surface area contributed by atoms with E-state index < -0.39 is 0 Å². The second kappa shape index (κ2) is 6.56. The lowest BCUT2D eigenvalue weighted by molar-refractivity contribution is 0.414. The van der Waals surface area contributed by atoms with Gasteiger partial charge in [0.05, 0.1) is 18.8 Å². The molecule has 0 saturated carbocycles. The van der Waals surface area contributed by atoms with Crippen molar-refractivity contribution in [2.24, 2.45) is 0 Å². The second-order valence-electron chi connectivity index (χ2n) is 5.53. The minimum Gasteiger partial charge on any atom is -0.497 e. The number of rotatable bonds is 5. The second-order valence-corrected chi connectivity index (χ2v) is 5.53. The largest absolute Gasteiger partial charge is 0.497 e. The molecule has 2 N–H and O–H groups in total. The van der Waals surface area contributed by atoms with Gasteiger partial charge in [-0.15, -0.1) is 10.2 Å². The first-order valence-corrected chi connectivity index (χ1v) is 7.82. The summed E-state index contributed by atoms with van der Waals surface area (Å²) >= 11 is 0. The summed E-state index contributed by atoms with van der Waals surface area (Å²) in [6.45, 7) is 0.595. The van der Waals surface area contributed by atoms with Crippen molar-refractivity contribution in [3.05, 3.63) is 60.4 Å². The maximum atomic E-state index is 5.23. The number of aromatic nitrogens is 5. The fraction of sp³-hybridized carbons (Fsp3) is 0.111. The average Bonchev–Trinajstić information content (AvgIpc) is 3.21. The van der Waals surface area contributed by atoms with Crippen molar-refractivity contribution in [1.29, 1.82) is 0 Å². The van der Waals surface area contributed by atoms with Gasteiger partial charge in [-0.25, -0.2) is 4.98 Å². The molecule has 0 radical (unpaired) electrons. The molecule has 0 atom stereocenters. The molecule has 7 nitrogen and oxygen atoms in total. The van der Waals surface area contributed by atoms with Crippen molar-refractivity contribution in [2.45, 2.75) is 6.54 Å². The van der Waals surface area contributed by atoms with Crippen molar-refractivity contribution in [3.8, 4) is 16.9 Å². The average molecular weight is 332 g/mol. The molecule has 0 aliphatic carbocycles. The summed E-state index contributed by atoms with van der Waals surface area (Å²) < 4.78 is 5.23. The van der Waals surface area contributed by atoms with Crippen molar-refractivity contribution < 1.29 is 4.74 Å². The van der Waals surface area contributed by atoms with E-state index in [4.69, 9.17) is 4.74 Å². The summed E-state index contributed by atoms with van der Waals surface area (Å²) in [7, 11) is 1.65. The van der Waals surface area contributed by atoms with Gasteiger partial charge >= 0.3 is 0 Å². The normalized spacial score (nSPS) is 10.8.